The lowest BCUT2D eigenvalue weighted by atomic mass is 9.83. The molecule has 0 radical (unpaired) electrons. The molecule has 0 unspecified atom stereocenters. The van der Waals surface area contributed by atoms with E-state index in [2.05, 4.69) is 10.2 Å². The van der Waals surface area contributed by atoms with Crippen LogP contribution in [0, 0.1) is 0 Å². The molecule has 1 N–H and O–H groups in total. The van der Waals surface area contributed by atoms with E-state index in [1.165, 1.54) is 0 Å². The third-order valence-corrected chi connectivity index (χ3v) is 5.71. The molecule has 0 aliphatic carbocycles. The summed E-state index contributed by atoms with van der Waals surface area (Å²) >= 11 is 0. The summed E-state index contributed by atoms with van der Waals surface area (Å²) in [7, 11) is 0. The van der Waals surface area contributed by atoms with Gasteiger partial charge in [-0.1, -0.05) is 30.3 Å². The molecule has 7 heteroatoms. The highest BCUT2D eigenvalue weighted by Gasteiger charge is 2.35. The van der Waals surface area contributed by atoms with Crippen molar-refractivity contribution >= 4 is 17.5 Å². The standard InChI is InChI=1S/C23H27N3O4/c1-23(2,17-6-4-3-5-7-17)22(28)26-12-10-25(11-13-26)15-21(27)24-18-8-9-19-20(14-18)30-16-29-19/h3-9,14H,10-13,15-16H2,1-2H3,(H,24,27). The van der Waals surface area contributed by atoms with Crippen LogP contribution >= 0.6 is 0 Å². The molecule has 2 aliphatic rings. The number of anilines is 1. The molecule has 0 spiro atoms. The Morgan fingerprint density at radius 2 is 1.67 bits per heavy atom. The van der Waals surface area contributed by atoms with Crippen LogP contribution in [0.4, 0.5) is 5.69 Å². The first kappa shape index (κ1) is 20.2. The van der Waals surface area contributed by atoms with Crippen molar-refractivity contribution in [3.05, 3.63) is 54.1 Å². The Morgan fingerprint density at radius 3 is 2.40 bits per heavy atom. The Labute approximate surface area is 176 Å². The fraction of sp³-hybridized carbons (Fsp3) is 0.391. The first-order valence-electron chi connectivity index (χ1n) is 10.2. The van der Waals surface area contributed by atoms with Gasteiger partial charge in [0, 0.05) is 37.9 Å². The van der Waals surface area contributed by atoms with Gasteiger partial charge in [0.2, 0.25) is 18.6 Å². The molecular formula is C23H27N3O4. The summed E-state index contributed by atoms with van der Waals surface area (Å²) in [6.45, 7) is 7.01. The largest absolute Gasteiger partial charge is 0.454 e. The first-order chi connectivity index (χ1) is 14.4. The summed E-state index contributed by atoms with van der Waals surface area (Å²) < 4.78 is 10.6. The summed E-state index contributed by atoms with van der Waals surface area (Å²) in [6, 6.07) is 15.2. The third-order valence-electron chi connectivity index (χ3n) is 5.71. The van der Waals surface area contributed by atoms with Crippen LogP contribution in [0.3, 0.4) is 0 Å². The van der Waals surface area contributed by atoms with Crippen molar-refractivity contribution in [2.45, 2.75) is 19.3 Å². The molecule has 30 heavy (non-hydrogen) atoms. The van der Waals surface area contributed by atoms with Crippen LogP contribution < -0.4 is 14.8 Å². The summed E-state index contributed by atoms with van der Waals surface area (Å²) in [5.41, 5.74) is 1.13. The Hall–Kier alpha value is -3.06. The Bertz CT molecular complexity index is 921. The second-order valence-electron chi connectivity index (χ2n) is 8.18. The van der Waals surface area contributed by atoms with E-state index in [-0.39, 0.29) is 18.6 Å². The van der Waals surface area contributed by atoms with Gasteiger partial charge in [0.25, 0.3) is 0 Å². The average Bonchev–Trinajstić information content (AvgIpc) is 3.22. The molecule has 7 nitrogen and oxygen atoms in total. The van der Waals surface area contributed by atoms with Gasteiger partial charge in [-0.25, -0.2) is 0 Å². The number of carbonyl (C=O) groups excluding carboxylic acids is 2. The van der Waals surface area contributed by atoms with Crippen molar-refractivity contribution in [3.8, 4) is 11.5 Å². The van der Waals surface area contributed by atoms with E-state index >= 15 is 0 Å². The van der Waals surface area contributed by atoms with Crippen LogP contribution in [-0.2, 0) is 15.0 Å². The van der Waals surface area contributed by atoms with Crippen LogP contribution in [0.2, 0.25) is 0 Å². The van der Waals surface area contributed by atoms with Gasteiger partial charge in [-0.2, -0.15) is 0 Å². The number of amides is 2. The maximum atomic E-state index is 13.1. The molecule has 1 fully saturated rings. The minimum absolute atomic E-state index is 0.0849. The van der Waals surface area contributed by atoms with Crippen molar-refractivity contribution in [1.82, 2.24) is 9.80 Å². The second kappa shape index (κ2) is 8.36. The van der Waals surface area contributed by atoms with Crippen LogP contribution in [0.1, 0.15) is 19.4 Å². The van der Waals surface area contributed by atoms with Crippen molar-refractivity contribution in [1.29, 1.82) is 0 Å². The maximum Gasteiger partial charge on any atom is 0.238 e. The van der Waals surface area contributed by atoms with Gasteiger partial charge >= 0.3 is 0 Å². The molecule has 0 aromatic heterocycles. The van der Waals surface area contributed by atoms with Crippen LogP contribution in [-0.4, -0.2) is 61.1 Å². The van der Waals surface area contributed by atoms with E-state index in [0.29, 0.717) is 49.9 Å². The van der Waals surface area contributed by atoms with Crippen LogP contribution in [0.5, 0.6) is 11.5 Å². The number of nitrogens with one attached hydrogen (secondary N) is 1. The summed E-state index contributed by atoms with van der Waals surface area (Å²) in [5.74, 6) is 1.37. The van der Waals surface area contributed by atoms with Gasteiger partial charge in [-0.15, -0.1) is 0 Å². The third kappa shape index (κ3) is 4.26. The number of carbonyl (C=O) groups is 2. The van der Waals surface area contributed by atoms with Crippen molar-refractivity contribution in [2.24, 2.45) is 0 Å². The van der Waals surface area contributed by atoms with Gasteiger partial charge in [-0.05, 0) is 31.5 Å². The number of benzene rings is 2. The van der Waals surface area contributed by atoms with Gasteiger partial charge in [0.1, 0.15) is 0 Å². The molecule has 0 bridgehead atoms. The second-order valence-corrected chi connectivity index (χ2v) is 8.18. The summed E-state index contributed by atoms with van der Waals surface area (Å²) in [4.78, 5) is 29.5. The molecule has 2 aromatic carbocycles. The fourth-order valence-corrected chi connectivity index (χ4v) is 3.86. The van der Waals surface area contributed by atoms with Crippen LogP contribution in [0.15, 0.2) is 48.5 Å². The number of rotatable bonds is 5. The maximum absolute atomic E-state index is 13.1. The zero-order valence-electron chi connectivity index (χ0n) is 17.4. The fourth-order valence-electron chi connectivity index (χ4n) is 3.86. The molecule has 2 aliphatic heterocycles. The molecule has 158 valence electrons. The van der Waals surface area contributed by atoms with E-state index in [1.54, 1.807) is 18.2 Å². The molecular weight excluding hydrogens is 382 g/mol. The van der Waals surface area contributed by atoms with E-state index in [9.17, 15) is 9.59 Å². The predicted octanol–water partition coefficient (Wildman–Crippen LogP) is 2.48. The van der Waals surface area contributed by atoms with Gasteiger partial charge < -0.3 is 19.7 Å². The number of piperazine rings is 1. The zero-order valence-corrected chi connectivity index (χ0v) is 17.4. The van der Waals surface area contributed by atoms with Crippen molar-refractivity contribution in [3.63, 3.8) is 0 Å². The number of fused-ring (bicyclic) bond motifs is 1. The van der Waals surface area contributed by atoms with E-state index in [4.69, 9.17) is 9.47 Å². The Kier molecular flexibility index (Phi) is 5.63. The lowest BCUT2D eigenvalue weighted by Crippen LogP contribution is -2.54. The van der Waals surface area contributed by atoms with Gasteiger partial charge in [0.15, 0.2) is 11.5 Å². The quantitative estimate of drug-likeness (QED) is 0.822. The monoisotopic (exact) mass is 409 g/mol. The predicted molar refractivity (Wildman–Crippen MR) is 114 cm³/mol. The molecule has 2 amide bonds. The zero-order chi connectivity index (χ0) is 21.1. The summed E-state index contributed by atoms with van der Waals surface area (Å²) in [6.07, 6.45) is 0. The summed E-state index contributed by atoms with van der Waals surface area (Å²) in [5, 5.41) is 2.90. The minimum Gasteiger partial charge on any atom is -0.454 e. The lowest BCUT2D eigenvalue weighted by Gasteiger charge is -2.38. The van der Waals surface area contributed by atoms with E-state index < -0.39 is 5.41 Å². The van der Waals surface area contributed by atoms with Gasteiger partial charge in [-0.3, -0.25) is 14.5 Å². The SMILES string of the molecule is CC(C)(C(=O)N1CCN(CC(=O)Nc2ccc3c(c2)OCO3)CC1)c1ccccc1. The number of hydrogen-bond donors (Lipinski definition) is 1. The average molecular weight is 409 g/mol. The topological polar surface area (TPSA) is 71.1 Å². The number of hydrogen-bond acceptors (Lipinski definition) is 5. The Balaban J connectivity index is 1.28. The molecule has 4 rings (SSSR count). The van der Waals surface area contributed by atoms with E-state index in [1.807, 2.05) is 49.1 Å². The highest BCUT2D eigenvalue weighted by Crippen LogP contribution is 2.34. The Morgan fingerprint density at radius 1 is 0.967 bits per heavy atom. The van der Waals surface area contributed by atoms with Crippen molar-refractivity contribution in [2.75, 3.05) is 44.8 Å². The highest BCUT2D eigenvalue weighted by atomic mass is 16.7. The molecule has 0 saturated carbocycles. The molecule has 2 heterocycles. The van der Waals surface area contributed by atoms with Crippen LogP contribution in [0.25, 0.3) is 0 Å². The normalized spacial score (nSPS) is 16.4. The highest BCUT2D eigenvalue weighted by molar-refractivity contribution is 5.92. The molecule has 2 aromatic rings. The first-order valence-corrected chi connectivity index (χ1v) is 10.2. The number of nitrogens with zero attached hydrogens (tertiary/aromatic N) is 2. The number of ether oxygens (including phenoxy) is 2. The van der Waals surface area contributed by atoms with Gasteiger partial charge in [0.05, 0.1) is 12.0 Å². The van der Waals surface area contributed by atoms with E-state index in [0.717, 1.165) is 5.56 Å². The minimum atomic E-state index is -0.569. The molecule has 0 atom stereocenters. The lowest BCUT2D eigenvalue weighted by molar-refractivity contribution is -0.138. The van der Waals surface area contributed by atoms with Crippen molar-refractivity contribution < 1.29 is 19.1 Å². The smallest absolute Gasteiger partial charge is 0.238 e. The molecule has 1 saturated heterocycles.